The van der Waals surface area contributed by atoms with Crippen molar-refractivity contribution in [2.75, 3.05) is 11.4 Å². The average Bonchev–Trinajstić information content (AvgIpc) is 3.09. The number of nitrogens with one attached hydrogen (secondary N) is 1. The lowest BCUT2D eigenvalue weighted by Gasteiger charge is -2.14. The van der Waals surface area contributed by atoms with Gasteiger partial charge >= 0.3 is 0 Å². The van der Waals surface area contributed by atoms with Crippen molar-refractivity contribution >= 4 is 28.3 Å². The number of fused-ring (bicyclic) bond motifs is 2. The fourth-order valence-corrected chi connectivity index (χ4v) is 3.50. The molecule has 130 valence electrons. The van der Waals surface area contributed by atoms with E-state index in [0.717, 1.165) is 23.2 Å². The van der Waals surface area contributed by atoms with E-state index in [1.54, 1.807) is 17.9 Å². The number of rotatable bonds is 3. The predicted octanol–water partition coefficient (Wildman–Crippen LogP) is 3.68. The molecule has 1 heterocycles. The van der Waals surface area contributed by atoms with E-state index in [4.69, 9.17) is 0 Å². The van der Waals surface area contributed by atoms with Crippen molar-refractivity contribution in [1.29, 1.82) is 0 Å². The van der Waals surface area contributed by atoms with Gasteiger partial charge in [-0.3, -0.25) is 9.59 Å². The molecule has 0 radical (unpaired) electrons. The summed E-state index contributed by atoms with van der Waals surface area (Å²) >= 11 is 0. The molecule has 3 aromatic carbocycles. The van der Waals surface area contributed by atoms with Gasteiger partial charge in [-0.2, -0.15) is 0 Å². The van der Waals surface area contributed by atoms with E-state index in [1.165, 1.54) is 10.8 Å². The fraction of sp³-hybridized carbons (Fsp3) is 0.182. The molecule has 0 saturated heterocycles. The van der Waals surface area contributed by atoms with Gasteiger partial charge in [-0.1, -0.05) is 36.4 Å². The third kappa shape index (κ3) is 3.06. The van der Waals surface area contributed by atoms with Gasteiger partial charge in [-0.15, -0.1) is 0 Å². The summed E-state index contributed by atoms with van der Waals surface area (Å²) in [6.07, 6.45) is 0.792. The van der Waals surface area contributed by atoms with Gasteiger partial charge in [0.2, 0.25) is 5.91 Å². The first-order valence-corrected chi connectivity index (χ1v) is 8.79. The van der Waals surface area contributed by atoms with Crippen LogP contribution in [0.5, 0.6) is 0 Å². The quantitative estimate of drug-likeness (QED) is 0.788. The van der Waals surface area contributed by atoms with Gasteiger partial charge in [-0.25, -0.2) is 0 Å². The summed E-state index contributed by atoms with van der Waals surface area (Å²) in [4.78, 5) is 25.9. The molecule has 0 fully saturated rings. The molecule has 0 saturated carbocycles. The number of hydrogen-bond donors (Lipinski definition) is 1. The van der Waals surface area contributed by atoms with Gasteiger partial charge in [0.25, 0.3) is 5.91 Å². The molecule has 0 aromatic heterocycles. The number of carbonyl (C=O) groups is 2. The van der Waals surface area contributed by atoms with Crippen LogP contribution in [0.1, 0.15) is 28.4 Å². The molecule has 0 bridgehead atoms. The lowest BCUT2D eigenvalue weighted by molar-refractivity contribution is -0.116. The highest BCUT2D eigenvalue weighted by atomic mass is 16.2. The third-order valence-corrected chi connectivity index (χ3v) is 4.88. The van der Waals surface area contributed by atoms with Gasteiger partial charge in [0.05, 0.1) is 0 Å². The molecule has 0 aliphatic carbocycles. The van der Waals surface area contributed by atoms with E-state index in [0.29, 0.717) is 18.7 Å². The van der Waals surface area contributed by atoms with Crippen molar-refractivity contribution in [1.82, 2.24) is 5.32 Å². The molecule has 4 nitrogen and oxygen atoms in total. The second-order valence-corrected chi connectivity index (χ2v) is 6.63. The minimum absolute atomic E-state index is 0.0391. The monoisotopic (exact) mass is 344 g/mol. The summed E-state index contributed by atoms with van der Waals surface area (Å²) in [5.41, 5.74) is 3.68. The molecular weight excluding hydrogens is 324 g/mol. The van der Waals surface area contributed by atoms with Crippen molar-refractivity contribution in [2.45, 2.75) is 19.9 Å². The highest BCUT2D eigenvalue weighted by Gasteiger charge is 2.23. The molecule has 0 spiro atoms. The van der Waals surface area contributed by atoms with Gasteiger partial charge in [0, 0.05) is 31.3 Å². The summed E-state index contributed by atoms with van der Waals surface area (Å²) in [5, 5.41) is 5.34. The summed E-state index contributed by atoms with van der Waals surface area (Å²) < 4.78 is 0. The van der Waals surface area contributed by atoms with E-state index in [1.807, 2.05) is 30.3 Å². The Morgan fingerprint density at radius 3 is 2.62 bits per heavy atom. The van der Waals surface area contributed by atoms with Crippen LogP contribution in [0, 0.1) is 0 Å². The second-order valence-electron chi connectivity index (χ2n) is 6.63. The Morgan fingerprint density at radius 1 is 1.00 bits per heavy atom. The van der Waals surface area contributed by atoms with Crippen LogP contribution in [0.2, 0.25) is 0 Å². The maximum absolute atomic E-state index is 12.5. The Balaban J connectivity index is 1.47. The molecule has 1 N–H and O–H groups in total. The van der Waals surface area contributed by atoms with Gasteiger partial charge in [-0.05, 0) is 52.6 Å². The van der Waals surface area contributed by atoms with Gasteiger partial charge in [0.1, 0.15) is 0 Å². The molecule has 1 aliphatic heterocycles. The average molecular weight is 344 g/mol. The van der Waals surface area contributed by atoms with Crippen LogP contribution in [-0.4, -0.2) is 18.4 Å². The first-order chi connectivity index (χ1) is 12.6. The first kappa shape index (κ1) is 16.3. The Hall–Kier alpha value is -3.14. The number of benzene rings is 3. The smallest absolute Gasteiger partial charge is 0.251 e. The Bertz CT molecular complexity index is 1010. The Kier molecular flexibility index (Phi) is 4.17. The van der Waals surface area contributed by atoms with Crippen LogP contribution in [-0.2, 0) is 17.8 Å². The minimum atomic E-state index is -0.0952. The minimum Gasteiger partial charge on any atom is -0.348 e. The zero-order chi connectivity index (χ0) is 18.1. The molecule has 26 heavy (non-hydrogen) atoms. The SMILES string of the molecule is CC(=O)N1CCc2cc(C(=O)NCc3ccc4ccccc4c3)ccc21. The maximum atomic E-state index is 12.5. The molecule has 4 rings (SSSR count). The number of amides is 2. The molecule has 4 heteroatoms. The highest BCUT2D eigenvalue weighted by molar-refractivity contribution is 5.98. The molecule has 2 amide bonds. The summed E-state index contributed by atoms with van der Waals surface area (Å²) in [5.74, 6) is -0.0560. The Labute approximate surface area is 152 Å². The van der Waals surface area contributed by atoms with Crippen molar-refractivity contribution in [3.8, 4) is 0 Å². The van der Waals surface area contributed by atoms with E-state index in [9.17, 15) is 9.59 Å². The molecule has 0 atom stereocenters. The molecule has 0 unspecified atom stereocenters. The highest BCUT2D eigenvalue weighted by Crippen LogP contribution is 2.28. The van der Waals surface area contributed by atoms with Gasteiger partial charge in [0.15, 0.2) is 0 Å². The predicted molar refractivity (Wildman–Crippen MR) is 103 cm³/mol. The van der Waals surface area contributed by atoms with Crippen LogP contribution in [0.25, 0.3) is 10.8 Å². The number of hydrogen-bond acceptors (Lipinski definition) is 2. The maximum Gasteiger partial charge on any atom is 0.251 e. The van der Waals surface area contributed by atoms with Crippen LogP contribution in [0.15, 0.2) is 60.7 Å². The van der Waals surface area contributed by atoms with Crippen LogP contribution < -0.4 is 10.2 Å². The van der Waals surface area contributed by atoms with Crippen molar-refractivity contribution < 1.29 is 9.59 Å². The molecular formula is C22H20N2O2. The number of anilines is 1. The van der Waals surface area contributed by atoms with E-state index in [-0.39, 0.29) is 11.8 Å². The zero-order valence-electron chi connectivity index (χ0n) is 14.7. The standard InChI is InChI=1S/C22H20N2O2/c1-15(25)24-11-10-19-13-20(8-9-21(19)24)22(26)23-14-16-6-7-17-4-2-3-5-18(17)12-16/h2-9,12-13H,10-11,14H2,1H3,(H,23,26). The largest absolute Gasteiger partial charge is 0.348 e. The Morgan fingerprint density at radius 2 is 1.81 bits per heavy atom. The lowest BCUT2D eigenvalue weighted by Crippen LogP contribution is -2.26. The molecule has 1 aliphatic rings. The summed E-state index contributed by atoms with van der Waals surface area (Å²) in [7, 11) is 0. The summed E-state index contributed by atoms with van der Waals surface area (Å²) in [6.45, 7) is 2.74. The number of nitrogens with zero attached hydrogens (tertiary/aromatic N) is 1. The van der Waals surface area contributed by atoms with Crippen LogP contribution in [0.4, 0.5) is 5.69 Å². The van der Waals surface area contributed by atoms with Gasteiger partial charge < -0.3 is 10.2 Å². The normalized spacial score (nSPS) is 12.9. The topological polar surface area (TPSA) is 49.4 Å². The fourth-order valence-electron chi connectivity index (χ4n) is 3.50. The first-order valence-electron chi connectivity index (χ1n) is 8.79. The third-order valence-electron chi connectivity index (χ3n) is 4.88. The second kappa shape index (κ2) is 6.64. The van der Waals surface area contributed by atoms with Crippen molar-refractivity contribution in [2.24, 2.45) is 0 Å². The van der Waals surface area contributed by atoms with Crippen LogP contribution in [0.3, 0.4) is 0 Å². The van der Waals surface area contributed by atoms with E-state index in [2.05, 4.69) is 29.6 Å². The van der Waals surface area contributed by atoms with E-state index < -0.39 is 0 Å². The van der Waals surface area contributed by atoms with E-state index >= 15 is 0 Å². The number of carbonyl (C=O) groups excluding carboxylic acids is 2. The molecule has 3 aromatic rings. The van der Waals surface area contributed by atoms with Crippen LogP contribution >= 0.6 is 0 Å². The zero-order valence-corrected chi connectivity index (χ0v) is 14.7. The van der Waals surface area contributed by atoms with Crippen molar-refractivity contribution in [3.05, 3.63) is 77.4 Å². The van der Waals surface area contributed by atoms with Crippen molar-refractivity contribution in [3.63, 3.8) is 0 Å². The summed E-state index contributed by atoms with van der Waals surface area (Å²) in [6, 6.07) is 19.9. The lowest BCUT2D eigenvalue weighted by atomic mass is 10.1.